The Labute approximate surface area is 145 Å². The van der Waals surface area contributed by atoms with Gasteiger partial charge in [-0.15, -0.1) is 0 Å². The Hall–Kier alpha value is -3.22. The van der Waals surface area contributed by atoms with E-state index in [9.17, 15) is 4.79 Å². The summed E-state index contributed by atoms with van der Waals surface area (Å²) in [5.41, 5.74) is 4.00. The average molecular weight is 338 g/mol. The van der Waals surface area contributed by atoms with Crippen molar-refractivity contribution < 1.29 is 14.3 Å². The third-order valence-corrected chi connectivity index (χ3v) is 3.98. The molecule has 0 atom stereocenters. The van der Waals surface area contributed by atoms with E-state index in [0.29, 0.717) is 11.3 Å². The summed E-state index contributed by atoms with van der Waals surface area (Å²) in [5.74, 6) is 0.588. The van der Waals surface area contributed by atoms with Crippen LogP contribution in [0.2, 0.25) is 0 Å². The second-order valence-electron chi connectivity index (χ2n) is 5.42. The van der Waals surface area contributed by atoms with Gasteiger partial charge in [0.1, 0.15) is 6.61 Å². The molecule has 3 rings (SSSR count). The molecule has 0 unspecified atom stereocenters. The number of aldehydes is 1. The van der Waals surface area contributed by atoms with Crippen LogP contribution in [0.1, 0.15) is 21.6 Å². The molecule has 0 amide bonds. The highest BCUT2D eigenvalue weighted by Crippen LogP contribution is 2.30. The normalized spacial score (nSPS) is 10.5. The molecule has 0 N–H and O–H groups in total. The van der Waals surface area contributed by atoms with Crippen molar-refractivity contribution in [2.45, 2.75) is 13.5 Å². The third-order valence-electron chi connectivity index (χ3n) is 3.98. The predicted octanol–water partition coefficient (Wildman–Crippen LogP) is 2.59. The van der Waals surface area contributed by atoms with Gasteiger partial charge in [-0.2, -0.15) is 5.10 Å². The first-order valence-corrected chi connectivity index (χ1v) is 7.69. The molecular formula is C18H18N4O3. The molecule has 3 aromatic heterocycles. The van der Waals surface area contributed by atoms with Gasteiger partial charge in [0.15, 0.2) is 12.0 Å². The smallest absolute Gasteiger partial charge is 0.257 e. The highest BCUT2D eigenvalue weighted by molar-refractivity contribution is 5.80. The molecule has 0 saturated heterocycles. The second-order valence-corrected chi connectivity index (χ2v) is 5.42. The monoisotopic (exact) mass is 338 g/mol. The van der Waals surface area contributed by atoms with E-state index in [4.69, 9.17) is 9.47 Å². The van der Waals surface area contributed by atoms with E-state index in [2.05, 4.69) is 15.1 Å². The zero-order valence-electron chi connectivity index (χ0n) is 14.3. The Morgan fingerprint density at radius 2 is 2.08 bits per heavy atom. The molecule has 0 aromatic carbocycles. The fourth-order valence-corrected chi connectivity index (χ4v) is 2.51. The van der Waals surface area contributed by atoms with Crippen molar-refractivity contribution in [2.75, 3.05) is 7.11 Å². The summed E-state index contributed by atoms with van der Waals surface area (Å²) < 4.78 is 12.8. The van der Waals surface area contributed by atoms with E-state index >= 15 is 0 Å². The van der Waals surface area contributed by atoms with Crippen molar-refractivity contribution in [3.63, 3.8) is 0 Å². The van der Waals surface area contributed by atoms with Gasteiger partial charge in [-0.25, -0.2) is 4.98 Å². The maximum atomic E-state index is 11.3. The summed E-state index contributed by atoms with van der Waals surface area (Å²) in [6.07, 6.45) is 5.73. The summed E-state index contributed by atoms with van der Waals surface area (Å²) in [7, 11) is 3.37. The van der Waals surface area contributed by atoms with Crippen LogP contribution >= 0.6 is 0 Å². The van der Waals surface area contributed by atoms with Gasteiger partial charge in [0, 0.05) is 36.3 Å². The number of carbonyl (C=O) groups is 1. The highest BCUT2D eigenvalue weighted by Gasteiger charge is 2.16. The van der Waals surface area contributed by atoms with E-state index in [1.165, 1.54) is 13.3 Å². The average Bonchev–Trinajstić information content (AvgIpc) is 2.98. The van der Waals surface area contributed by atoms with Gasteiger partial charge in [-0.3, -0.25) is 14.5 Å². The van der Waals surface area contributed by atoms with Crippen LogP contribution in [0.5, 0.6) is 11.6 Å². The second kappa shape index (κ2) is 7.12. The number of hydrogen-bond donors (Lipinski definition) is 0. The molecule has 0 bridgehead atoms. The number of aryl methyl sites for hydroxylation is 1. The molecule has 0 fully saturated rings. The zero-order chi connectivity index (χ0) is 17.8. The topological polar surface area (TPSA) is 79.1 Å². The molecule has 7 heteroatoms. The molecule has 128 valence electrons. The third kappa shape index (κ3) is 3.21. The molecule has 0 aliphatic heterocycles. The summed E-state index contributed by atoms with van der Waals surface area (Å²) in [5, 5.41) is 4.27. The van der Waals surface area contributed by atoms with Gasteiger partial charge in [-0.1, -0.05) is 6.07 Å². The maximum absolute atomic E-state index is 11.3. The lowest BCUT2D eigenvalue weighted by molar-refractivity contribution is 0.111. The van der Waals surface area contributed by atoms with Gasteiger partial charge >= 0.3 is 0 Å². The SMILES string of the molecule is COc1nccc(C=O)c1OCc1cccnc1-c1cnn(C)c1C. The van der Waals surface area contributed by atoms with Crippen LogP contribution in [0.3, 0.4) is 0 Å². The minimum atomic E-state index is 0.223. The van der Waals surface area contributed by atoms with Gasteiger partial charge < -0.3 is 9.47 Å². The molecule has 0 spiro atoms. The molecule has 3 heterocycles. The largest absolute Gasteiger partial charge is 0.482 e. The summed E-state index contributed by atoms with van der Waals surface area (Å²) in [6.45, 7) is 2.21. The fraction of sp³-hybridized carbons (Fsp3) is 0.222. The number of hydrogen-bond acceptors (Lipinski definition) is 6. The number of methoxy groups -OCH3 is 1. The summed E-state index contributed by atoms with van der Waals surface area (Å²) >= 11 is 0. The van der Waals surface area contributed by atoms with Crippen molar-refractivity contribution >= 4 is 6.29 Å². The van der Waals surface area contributed by atoms with Gasteiger partial charge in [0.05, 0.1) is 24.6 Å². The van der Waals surface area contributed by atoms with Crippen LogP contribution in [0.25, 0.3) is 11.3 Å². The van der Waals surface area contributed by atoms with E-state index in [1.54, 1.807) is 23.1 Å². The molecule has 0 saturated carbocycles. The van der Waals surface area contributed by atoms with E-state index in [1.807, 2.05) is 26.1 Å². The quantitative estimate of drug-likeness (QED) is 0.643. The lowest BCUT2D eigenvalue weighted by atomic mass is 10.1. The van der Waals surface area contributed by atoms with Crippen molar-refractivity contribution in [3.05, 3.63) is 53.6 Å². The molecule has 25 heavy (non-hydrogen) atoms. The molecule has 0 radical (unpaired) electrons. The van der Waals surface area contributed by atoms with Crippen LogP contribution < -0.4 is 9.47 Å². The van der Waals surface area contributed by atoms with Crippen LogP contribution in [0, 0.1) is 6.92 Å². The van der Waals surface area contributed by atoms with Crippen molar-refractivity contribution in [1.29, 1.82) is 0 Å². The minimum absolute atomic E-state index is 0.223. The first kappa shape index (κ1) is 16.6. The number of rotatable bonds is 6. The number of ether oxygens (including phenoxy) is 2. The van der Waals surface area contributed by atoms with E-state index < -0.39 is 0 Å². The summed E-state index contributed by atoms with van der Waals surface area (Å²) in [4.78, 5) is 19.8. The number of pyridine rings is 2. The maximum Gasteiger partial charge on any atom is 0.257 e. The minimum Gasteiger partial charge on any atom is -0.482 e. The Balaban J connectivity index is 1.94. The molecule has 0 aliphatic rings. The lowest BCUT2D eigenvalue weighted by Crippen LogP contribution is -2.04. The molecule has 0 aliphatic carbocycles. The first-order valence-electron chi connectivity index (χ1n) is 7.69. The standard InChI is InChI=1S/C18H18N4O3/c1-12-15(9-21-22(12)2)16-14(5-4-7-19-16)11-25-17-13(10-23)6-8-20-18(17)24-3/h4-10H,11H2,1-3H3. The van der Waals surface area contributed by atoms with E-state index in [-0.39, 0.29) is 12.5 Å². The molecular weight excluding hydrogens is 320 g/mol. The Morgan fingerprint density at radius 1 is 1.24 bits per heavy atom. The van der Waals surface area contributed by atoms with Crippen LogP contribution in [0.4, 0.5) is 0 Å². The van der Waals surface area contributed by atoms with Crippen molar-refractivity contribution in [1.82, 2.24) is 19.7 Å². The number of nitrogens with zero attached hydrogens (tertiary/aromatic N) is 4. The first-order chi connectivity index (χ1) is 12.2. The van der Waals surface area contributed by atoms with Gasteiger partial charge in [0.2, 0.25) is 0 Å². The molecule has 3 aromatic rings. The number of aromatic nitrogens is 4. The highest BCUT2D eigenvalue weighted by atomic mass is 16.5. The Bertz CT molecular complexity index is 905. The van der Waals surface area contributed by atoms with Crippen molar-refractivity contribution in [3.8, 4) is 22.9 Å². The molecule has 7 nitrogen and oxygen atoms in total. The van der Waals surface area contributed by atoms with Crippen LogP contribution in [0.15, 0.2) is 36.8 Å². The zero-order valence-corrected chi connectivity index (χ0v) is 14.3. The van der Waals surface area contributed by atoms with Gasteiger partial charge in [-0.05, 0) is 19.1 Å². The summed E-state index contributed by atoms with van der Waals surface area (Å²) in [6, 6.07) is 5.35. The fourth-order valence-electron chi connectivity index (χ4n) is 2.51. The number of carbonyl (C=O) groups excluding carboxylic acids is 1. The van der Waals surface area contributed by atoms with Crippen molar-refractivity contribution in [2.24, 2.45) is 7.05 Å². The van der Waals surface area contributed by atoms with Crippen LogP contribution in [-0.2, 0) is 13.7 Å². The van der Waals surface area contributed by atoms with Gasteiger partial charge in [0.25, 0.3) is 5.88 Å². The van der Waals surface area contributed by atoms with E-state index in [0.717, 1.165) is 28.8 Å². The lowest BCUT2D eigenvalue weighted by Gasteiger charge is -2.13. The Kier molecular flexibility index (Phi) is 4.74. The predicted molar refractivity (Wildman–Crippen MR) is 91.7 cm³/mol. The van der Waals surface area contributed by atoms with Crippen LogP contribution in [-0.4, -0.2) is 33.1 Å². The Morgan fingerprint density at radius 3 is 2.76 bits per heavy atom.